The molecule has 1 fully saturated rings. The SMILES string of the molecule is O=C(c1noc2ccccc12)N1CCN(C(c2ccccc2)c2ccccc2)CC1. The molecule has 5 rings (SSSR count). The van der Waals surface area contributed by atoms with E-state index < -0.39 is 0 Å². The molecule has 5 heteroatoms. The van der Waals surface area contributed by atoms with Crippen LogP contribution in [-0.2, 0) is 0 Å². The van der Waals surface area contributed by atoms with Gasteiger partial charge in [-0.05, 0) is 23.3 Å². The van der Waals surface area contributed by atoms with E-state index >= 15 is 0 Å². The maximum atomic E-state index is 13.1. The minimum absolute atomic E-state index is 0.0597. The Bertz CT molecular complexity index is 1090. The van der Waals surface area contributed by atoms with E-state index in [1.54, 1.807) is 0 Å². The highest BCUT2D eigenvalue weighted by molar-refractivity contribution is 6.04. The largest absolute Gasteiger partial charge is 0.355 e. The van der Waals surface area contributed by atoms with Gasteiger partial charge in [0.1, 0.15) is 0 Å². The van der Waals surface area contributed by atoms with E-state index in [0.717, 1.165) is 18.5 Å². The number of amides is 1. The van der Waals surface area contributed by atoms with E-state index in [1.807, 2.05) is 41.3 Å². The molecule has 1 saturated heterocycles. The molecule has 0 saturated carbocycles. The molecule has 30 heavy (non-hydrogen) atoms. The number of benzene rings is 3. The van der Waals surface area contributed by atoms with Gasteiger partial charge in [0, 0.05) is 26.2 Å². The fourth-order valence-electron chi connectivity index (χ4n) is 4.26. The van der Waals surface area contributed by atoms with Crippen LogP contribution in [0.25, 0.3) is 11.0 Å². The Hall–Kier alpha value is -3.44. The lowest BCUT2D eigenvalue weighted by atomic mass is 9.96. The third kappa shape index (κ3) is 3.48. The first kappa shape index (κ1) is 18.6. The Labute approximate surface area is 175 Å². The topological polar surface area (TPSA) is 49.6 Å². The van der Waals surface area contributed by atoms with E-state index in [0.29, 0.717) is 24.4 Å². The number of fused-ring (bicyclic) bond motifs is 1. The summed E-state index contributed by atoms with van der Waals surface area (Å²) in [4.78, 5) is 17.4. The van der Waals surface area contributed by atoms with Crippen molar-refractivity contribution in [2.75, 3.05) is 26.2 Å². The summed E-state index contributed by atoms with van der Waals surface area (Å²) in [6, 6.07) is 28.8. The van der Waals surface area contributed by atoms with Crippen LogP contribution in [0.1, 0.15) is 27.7 Å². The van der Waals surface area contributed by atoms with Gasteiger partial charge in [-0.1, -0.05) is 78.0 Å². The van der Waals surface area contributed by atoms with Crippen molar-refractivity contribution in [2.45, 2.75) is 6.04 Å². The first-order valence-electron chi connectivity index (χ1n) is 10.3. The van der Waals surface area contributed by atoms with Gasteiger partial charge in [0.2, 0.25) is 0 Å². The van der Waals surface area contributed by atoms with Crippen molar-refractivity contribution >= 4 is 16.9 Å². The molecule has 0 bridgehead atoms. The number of rotatable bonds is 4. The second kappa shape index (κ2) is 8.13. The molecular weight excluding hydrogens is 374 g/mol. The van der Waals surface area contributed by atoms with Crippen LogP contribution in [0.2, 0.25) is 0 Å². The normalized spacial score (nSPS) is 15.0. The summed E-state index contributed by atoms with van der Waals surface area (Å²) in [7, 11) is 0. The molecule has 0 atom stereocenters. The molecule has 1 amide bonds. The molecule has 3 aromatic carbocycles. The van der Waals surface area contributed by atoms with Crippen LogP contribution in [0.3, 0.4) is 0 Å². The maximum absolute atomic E-state index is 13.1. The number of nitrogens with zero attached hydrogens (tertiary/aromatic N) is 3. The quantitative estimate of drug-likeness (QED) is 0.513. The molecule has 5 nitrogen and oxygen atoms in total. The lowest BCUT2D eigenvalue weighted by molar-refractivity contribution is 0.0589. The van der Waals surface area contributed by atoms with Crippen LogP contribution in [0.4, 0.5) is 0 Å². The summed E-state index contributed by atoms with van der Waals surface area (Å²) in [6.07, 6.45) is 0. The summed E-state index contributed by atoms with van der Waals surface area (Å²) in [5.41, 5.74) is 3.59. The molecule has 0 unspecified atom stereocenters. The maximum Gasteiger partial charge on any atom is 0.276 e. The molecule has 0 N–H and O–H groups in total. The Morgan fingerprint density at radius 3 is 1.97 bits per heavy atom. The average Bonchev–Trinajstić information content (AvgIpc) is 3.25. The predicted octanol–water partition coefficient (Wildman–Crippen LogP) is 4.38. The highest BCUT2D eigenvalue weighted by Crippen LogP contribution is 2.30. The number of carbonyl (C=O) groups excluding carboxylic acids is 1. The van der Waals surface area contributed by atoms with Crippen LogP contribution >= 0.6 is 0 Å². The second-order valence-electron chi connectivity index (χ2n) is 7.58. The first-order valence-corrected chi connectivity index (χ1v) is 10.3. The Kier molecular flexibility index (Phi) is 5.03. The standard InChI is InChI=1S/C25H23N3O2/c29-25(23-21-13-7-8-14-22(21)30-26-23)28-17-15-27(16-18-28)24(19-9-3-1-4-10-19)20-11-5-2-6-12-20/h1-14,24H,15-18H2. The monoisotopic (exact) mass is 397 g/mol. The average molecular weight is 397 g/mol. The zero-order chi connectivity index (χ0) is 20.3. The minimum atomic E-state index is -0.0597. The van der Waals surface area contributed by atoms with Gasteiger partial charge in [0.15, 0.2) is 11.3 Å². The van der Waals surface area contributed by atoms with Crippen LogP contribution < -0.4 is 0 Å². The summed E-state index contributed by atoms with van der Waals surface area (Å²) in [6.45, 7) is 2.93. The fraction of sp³-hybridized carbons (Fsp3) is 0.200. The Balaban J connectivity index is 1.35. The van der Waals surface area contributed by atoms with Crippen molar-refractivity contribution in [3.63, 3.8) is 0 Å². The summed E-state index contributed by atoms with van der Waals surface area (Å²) in [5, 5.41) is 4.81. The predicted molar refractivity (Wildman–Crippen MR) is 116 cm³/mol. The zero-order valence-electron chi connectivity index (χ0n) is 16.6. The third-order valence-electron chi connectivity index (χ3n) is 5.78. The van der Waals surface area contributed by atoms with Crippen molar-refractivity contribution < 1.29 is 9.32 Å². The van der Waals surface area contributed by atoms with Crippen molar-refractivity contribution in [2.24, 2.45) is 0 Å². The van der Waals surface area contributed by atoms with E-state index in [4.69, 9.17) is 4.52 Å². The van der Waals surface area contributed by atoms with Gasteiger partial charge < -0.3 is 9.42 Å². The minimum Gasteiger partial charge on any atom is -0.355 e. The number of hydrogen-bond donors (Lipinski definition) is 0. The fourth-order valence-corrected chi connectivity index (χ4v) is 4.26. The number of aromatic nitrogens is 1. The van der Waals surface area contributed by atoms with Gasteiger partial charge >= 0.3 is 0 Å². The highest BCUT2D eigenvalue weighted by atomic mass is 16.5. The molecule has 2 heterocycles. The number of para-hydroxylation sites is 1. The van der Waals surface area contributed by atoms with Crippen LogP contribution in [-0.4, -0.2) is 47.0 Å². The van der Waals surface area contributed by atoms with Gasteiger partial charge in [-0.2, -0.15) is 0 Å². The van der Waals surface area contributed by atoms with Crippen molar-refractivity contribution in [3.05, 3.63) is 102 Å². The molecule has 0 aliphatic carbocycles. The summed E-state index contributed by atoms with van der Waals surface area (Å²) >= 11 is 0. The van der Waals surface area contributed by atoms with Gasteiger partial charge in [-0.3, -0.25) is 9.69 Å². The first-order chi connectivity index (χ1) is 14.8. The second-order valence-corrected chi connectivity index (χ2v) is 7.58. The van der Waals surface area contributed by atoms with Crippen LogP contribution in [0.5, 0.6) is 0 Å². The lowest BCUT2D eigenvalue weighted by Gasteiger charge is -2.39. The van der Waals surface area contributed by atoms with Crippen molar-refractivity contribution in [3.8, 4) is 0 Å². The van der Waals surface area contributed by atoms with Gasteiger partial charge in [-0.25, -0.2) is 0 Å². The molecule has 0 spiro atoms. The van der Waals surface area contributed by atoms with Crippen LogP contribution in [0, 0.1) is 0 Å². The van der Waals surface area contributed by atoms with E-state index in [-0.39, 0.29) is 11.9 Å². The molecule has 0 radical (unpaired) electrons. The van der Waals surface area contributed by atoms with E-state index in [1.165, 1.54) is 11.1 Å². The van der Waals surface area contributed by atoms with Crippen LogP contribution in [0.15, 0.2) is 89.5 Å². The molecule has 1 aromatic heterocycles. The van der Waals surface area contributed by atoms with Gasteiger partial charge in [-0.15, -0.1) is 0 Å². The molecule has 1 aliphatic heterocycles. The van der Waals surface area contributed by atoms with Crippen molar-refractivity contribution in [1.82, 2.24) is 15.0 Å². The smallest absolute Gasteiger partial charge is 0.276 e. The van der Waals surface area contributed by atoms with E-state index in [9.17, 15) is 4.79 Å². The summed E-state index contributed by atoms with van der Waals surface area (Å²) < 4.78 is 5.33. The number of piperazine rings is 1. The third-order valence-corrected chi connectivity index (χ3v) is 5.78. The van der Waals surface area contributed by atoms with Gasteiger partial charge in [0.05, 0.1) is 11.4 Å². The highest BCUT2D eigenvalue weighted by Gasteiger charge is 2.30. The van der Waals surface area contributed by atoms with Gasteiger partial charge in [0.25, 0.3) is 5.91 Å². The van der Waals surface area contributed by atoms with E-state index in [2.05, 4.69) is 58.6 Å². The number of carbonyl (C=O) groups is 1. The number of hydrogen-bond acceptors (Lipinski definition) is 4. The summed E-state index contributed by atoms with van der Waals surface area (Å²) in [5.74, 6) is -0.0597. The molecular formula is C25H23N3O2. The molecule has 150 valence electrons. The molecule has 1 aliphatic rings. The van der Waals surface area contributed by atoms with Crippen molar-refractivity contribution in [1.29, 1.82) is 0 Å². The Morgan fingerprint density at radius 2 is 1.33 bits per heavy atom. The lowest BCUT2D eigenvalue weighted by Crippen LogP contribution is -2.50. The Morgan fingerprint density at radius 1 is 0.767 bits per heavy atom. The molecule has 4 aromatic rings. The zero-order valence-corrected chi connectivity index (χ0v) is 16.6.